The summed E-state index contributed by atoms with van der Waals surface area (Å²) in [5.41, 5.74) is 5.37. The van der Waals surface area contributed by atoms with Crippen LogP contribution < -0.4 is 20.1 Å². The Morgan fingerprint density at radius 3 is 2.14 bits per heavy atom. The summed E-state index contributed by atoms with van der Waals surface area (Å²) < 4.78 is 11.8. The van der Waals surface area contributed by atoms with Crippen LogP contribution in [0.1, 0.15) is 75.0 Å². The molecule has 0 spiro atoms. The fraction of sp³-hybridized carbons (Fsp3) is 0.517. The van der Waals surface area contributed by atoms with E-state index in [2.05, 4.69) is 16.7 Å². The number of carbonyl (C=O) groups excluding carboxylic acids is 1. The largest absolute Gasteiger partial charge is 0.496 e. The summed E-state index contributed by atoms with van der Waals surface area (Å²) in [6.07, 6.45) is 13.3. The molecule has 6 nitrogen and oxygen atoms in total. The molecule has 6 heteroatoms. The molecule has 1 amide bonds. The number of rotatable bonds is 8. The van der Waals surface area contributed by atoms with Gasteiger partial charge in [-0.15, -0.1) is 0 Å². The van der Waals surface area contributed by atoms with Gasteiger partial charge in [0.05, 0.1) is 14.2 Å². The number of aromatic nitrogens is 1. The van der Waals surface area contributed by atoms with E-state index in [1.807, 2.05) is 39.1 Å². The number of methoxy groups -OCH3 is 2. The van der Waals surface area contributed by atoms with Gasteiger partial charge in [0.25, 0.3) is 0 Å². The topological polar surface area (TPSA) is 72.5 Å². The Morgan fingerprint density at radius 1 is 0.943 bits per heavy atom. The van der Waals surface area contributed by atoms with Crippen LogP contribution in [-0.4, -0.2) is 37.2 Å². The number of amides is 1. The van der Waals surface area contributed by atoms with Crippen LogP contribution in [0, 0.1) is 13.8 Å². The number of benzene rings is 1. The maximum absolute atomic E-state index is 12.8. The molecule has 0 radical (unpaired) electrons. The number of nitrogens with zero attached hydrogens (tertiary/aromatic N) is 1. The molecule has 0 atom stereocenters. The van der Waals surface area contributed by atoms with Crippen LogP contribution in [0.5, 0.6) is 11.5 Å². The first-order valence-electron chi connectivity index (χ1n) is 12.9. The number of hydrogen-bond donors (Lipinski definition) is 2. The minimum absolute atomic E-state index is 0.0198. The van der Waals surface area contributed by atoms with Gasteiger partial charge in [0.2, 0.25) is 5.91 Å². The van der Waals surface area contributed by atoms with Crippen molar-refractivity contribution in [2.75, 3.05) is 19.5 Å². The third-order valence-electron chi connectivity index (χ3n) is 7.51. The van der Waals surface area contributed by atoms with Gasteiger partial charge in [-0.25, -0.2) is 4.98 Å². The highest BCUT2D eigenvalue weighted by molar-refractivity contribution is 5.98. The summed E-state index contributed by atoms with van der Waals surface area (Å²) in [4.78, 5) is 17.5. The molecule has 2 fully saturated rings. The molecule has 0 bridgehead atoms. The highest BCUT2D eigenvalue weighted by Crippen LogP contribution is 2.44. The second-order valence-corrected chi connectivity index (χ2v) is 9.95. The van der Waals surface area contributed by atoms with E-state index in [4.69, 9.17) is 14.5 Å². The van der Waals surface area contributed by atoms with Gasteiger partial charge in [0.15, 0.2) is 0 Å². The summed E-state index contributed by atoms with van der Waals surface area (Å²) >= 11 is 0. The van der Waals surface area contributed by atoms with Gasteiger partial charge in [0.1, 0.15) is 17.3 Å². The van der Waals surface area contributed by atoms with Crippen molar-refractivity contribution in [2.24, 2.45) is 0 Å². The van der Waals surface area contributed by atoms with Crippen LogP contribution in [0.2, 0.25) is 0 Å². The van der Waals surface area contributed by atoms with Gasteiger partial charge < -0.3 is 20.1 Å². The van der Waals surface area contributed by atoms with E-state index in [-0.39, 0.29) is 11.9 Å². The van der Waals surface area contributed by atoms with Gasteiger partial charge in [-0.1, -0.05) is 25.7 Å². The molecule has 35 heavy (non-hydrogen) atoms. The van der Waals surface area contributed by atoms with Gasteiger partial charge >= 0.3 is 0 Å². The Hall–Kier alpha value is -3.02. The Labute approximate surface area is 209 Å². The Kier molecular flexibility index (Phi) is 7.99. The van der Waals surface area contributed by atoms with Crippen molar-refractivity contribution in [3.63, 3.8) is 0 Å². The molecule has 2 N–H and O–H groups in total. The van der Waals surface area contributed by atoms with E-state index in [1.54, 1.807) is 14.2 Å². The summed E-state index contributed by atoms with van der Waals surface area (Å²) in [5, 5.41) is 6.72. The van der Waals surface area contributed by atoms with Crippen LogP contribution in [0.3, 0.4) is 0 Å². The zero-order valence-electron chi connectivity index (χ0n) is 21.8. The molecule has 4 rings (SSSR count). The van der Waals surface area contributed by atoms with Crippen LogP contribution in [-0.2, 0) is 4.79 Å². The van der Waals surface area contributed by atoms with Crippen molar-refractivity contribution in [1.29, 1.82) is 0 Å². The Bertz CT molecular complexity index is 1080. The van der Waals surface area contributed by atoms with Crippen molar-refractivity contribution >= 4 is 17.8 Å². The molecule has 2 aromatic rings. The zero-order valence-corrected chi connectivity index (χ0v) is 21.8. The van der Waals surface area contributed by atoms with Crippen molar-refractivity contribution in [3.05, 3.63) is 40.6 Å². The maximum Gasteiger partial charge on any atom is 0.247 e. The minimum atomic E-state index is -0.0198. The summed E-state index contributed by atoms with van der Waals surface area (Å²) in [6, 6.07) is 4.93. The van der Waals surface area contributed by atoms with E-state index in [9.17, 15) is 4.79 Å². The Morgan fingerprint density at radius 2 is 1.57 bits per heavy atom. The fourth-order valence-corrected chi connectivity index (χ4v) is 5.56. The summed E-state index contributed by atoms with van der Waals surface area (Å²) in [6.45, 7) is 5.91. The van der Waals surface area contributed by atoms with Crippen molar-refractivity contribution in [2.45, 2.75) is 84.2 Å². The van der Waals surface area contributed by atoms with Crippen LogP contribution in [0.4, 0.5) is 5.82 Å². The lowest BCUT2D eigenvalue weighted by Crippen LogP contribution is -2.33. The predicted molar refractivity (Wildman–Crippen MR) is 142 cm³/mol. The third kappa shape index (κ3) is 5.47. The zero-order chi connectivity index (χ0) is 24.9. The number of hydrogen-bond acceptors (Lipinski definition) is 5. The second-order valence-electron chi connectivity index (χ2n) is 9.95. The van der Waals surface area contributed by atoms with Gasteiger partial charge in [-0.3, -0.25) is 4.79 Å². The first-order chi connectivity index (χ1) is 16.9. The number of carbonyl (C=O) groups is 1. The standard InChI is InChI=1S/C29H39N3O3/c1-18(29(33)32-23-12-8-9-13-23)16-24-19(2)28(35-5)26(20(3)27(24)34-4)21-14-15-25(30-17-21)31-22-10-6-7-11-22/h14-17,22-23H,6-13H2,1-5H3,(H,30,31)(H,32,33). The number of nitrogens with one attached hydrogen (secondary N) is 2. The molecule has 2 saturated carbocycles. The fourth-order valence-electron chi connectivity index (χ4n) is 5.56. The molecule has 0 aliphatic heterocycles. The highest BCUT2D eigenvalue weighted by atomic mass is 16.5. The van der Waals surface area contributed by atoms with E-state index < -0.39 is 0 Å². The molecule has 1 aromatic carbocycles. The lowest BCUT2D eigenvalue weighted by Gasteiger charge is -2.22. The molecule has 188 valence electrons. The number of ether oxygens (including phenoxy) is 2. The normalized spacial score (nSPS) is 17.0. The van der Waals surface area contributed by atoms with E-state index in [1.165, 1.54) is 38.5 Å². The van der Waals surface area contributed by atoms with Crippen LogP contribution in [0.15, 0.2) is 23.9 Å². The van der Waals surface area contributed by atoms with Crippen molar-refractivity contribution in [1.82, 2.24) is 10.3 Å². The predicted octanol–water partition coefficient (Wildman–Crippen LogP) is 6.20. The number of anilines is 1. The average Bonchev–Trinajstić information content (AvgIpc) is 3.56. The minimum Gasteiger partial charge on any atom is -0.496 e. The van der Waals surface area contributed by atoms with E-state index in [0.717, 1.165) is 58.0 Å². The van der Waals surface area contributed by atoms with Gasteiger partial charge in [0, 0.05) is 51.7 Å². The van der Waals surface area contributed by atoms with E-state index >= 15 is 0 Å². The smallest absolute Gasteiger partial charge is 0.247 e. The third-order valence-corrected chi connectivity index (χ3v) is 7.51. The lowest BCUT2D eigenvalue weighted by atomic mass is 9.91. The maximum atomic E-state index is 12.8. The molecule has 1 heterocycles. The first kappa shape index (κ1) is 25.1. The summed E-state index contributed by atoms with van der Waals surface area (Å²) in [5.74, 6) is 2.41. The molecule has 2 aliphatic carbocycles. The van der Waals surface area contributed by atoms with Crippen LogP contribution in [0.25, 0.3) is 17.2 Å². The van der Waals surface area contributed by atoms with Gasteiger partial charge in [-0.05, 0) is 64.7 Å². The second kappa shape index (κ2) is 11.1. The lowest BCUT2D eigenvalue weighted by molar-refractivity contribution is -0.118. The Balaban J connectivity index is 1.67. The SMILES string of the molecule is COc1c(C)c(-c2ccc(NC3CCCC3)nc2)c(OC)c(C)c1C=C(C)C(=O)NC1CCCC1. The van der Waals surface area contributed by atoms with E-state index in [0.29, 0.717) is 11.6 Å². The molecular weight excluding hydrogens is 438 g/mol. The van der Waals surface area contributed by atoms with Gasteiger partial charge in [-0.2, -0.15) is 0 Å². The van der Waals surface area contributed by atoms with Crippen molar-refractivity contribution in [3.8, 4) is 22.6 Å². The molecule has 0 saturated heterocycles. The van der Waals surface area contributed by atoms with Crippen molar-refractivity contribution < 1.29 is 14.3 Å². The summed E-state index contributed by atoms with van der Waals surface area (Å²) in [7, 11) is 3.37. The first-order valence-corrected chi connectivity index (χ1v) is 12.9. The highest BCUT2D eigenvalue weighted by Gasteiger charge is 2.23. The molecule has 0 unspecified atom stereocenters. The molecule has 2 aliphatic rings. The quantitative estimate of drug-likeness (QED) is 0.443. The monoisotopic (exact) mass is 477 g/mol. The molecule has 1 aromatic heterocycles. The molecular formula is C29H39N3O3. The van der Waals surface area contributed by atoms with Crippen LogP contribution >= 0.6 is 0 Å². The number of pyridine rings is 1. The average molecular weight is 478 g/mol.